The first-order chi connectivity index (χ1) is 16.1. The minimum atomic E-state index is -1.08. The Kier molecular flexibility index (Phi) is 4.89. The van der Waals surface area contributed by atoms with E-state index in [9.17, 15) is 14.4 Å². The number of carbonyl (C=O) groups is 3. The molecule has 3 unspecified atom stereocenters. The summed E-state index contributed by atoms with van der Waals surface area (Å²) in [6, 6.07) is 7.12. The topological polar surface area (TPSA) is 73.0 Å². The van der Waals surface area contributed by atoms with Crippen molar-refractivity contribution < 1.29 is 23.9 Å². The van der Waals surface area contributed by atoms with Crippen LogP contribution in [-0.4, -0.2) is 34.8 Å². The molecule has 5 nitrogen and oxygen atoms in total. The summed E-state index contributed by atoms with van der Waals surface area (Å²) < 4.78 is 13.3. The molecule has 6 heteroatoms. The van der Waals surface area contributed by atoms with Gasteiger partial charge in [-0.25, -0.2) is 4.79 Å². The Bertz CT molecular complexity index is 1080. The van der Waals surface area contributed by atoms with Crippen molar-refractivity contribution in [1.29, 1.82) is 0 Å². The zero-order valence-electron chi connectivity index (χ0n) is 20.2. The Hall–Kier alpha value is -1.53. The second-order valence-corrected chi connectivity index (χ2v) is 12.9. The quantitative estimate of drug-likeness (QED) is 0.372. The van der Waals surface area contributed by atoms with Gasteiger partial charge < -0.3 is 9.47 Å². The molecule has 1 aliphatic heterocycles. The van der Waals surface area contributed by atoms with Crippen LogP contribution in [0.2, 0.25) is 0 Å². The second-order valence-electron chi connectivity index (χ2n) is 12.0. The number of ether oxygens (including phenoxy) is 2. The number of epoxide rings is 1. The van der Waals surface area contributed by atoms with Crippen molar-refractivity contribution >= 4 is 33.5 Å². The smallest absolute Gasteiger partial charge is 0.339 e. The number of fused-ring (bicyclic) bond motifs is 4. The van der Waals surface area contributed by atoms with Crippen molar-refractivity contribution in [3.05, 3.63) is 34.3 Å². The van der Waals surface area contributed by atoms with Gasteiger partial charge in [-0.3, -0.25) is 9.59 Å². The third kappa shape index (κ3) is 2.73. The van der Waals surface area contributed by atoms with Crippen LogP contribution in [0.25, 0.3) is 0 Å². The van der Waals surface area contributed by atoms with E-state index < -0.39 is 11.6 Å². The fourth-order valence-electron chi connectivity index (χ4n) is 9.12. The molecule has 1 spiro atoms. The number of ketones is 2. The van der Waals surface area contributed by atoms with Crippen molar-refractivity contribution in [2.75, 3.05) is 0 Å². The fourth-order valence-corrected chi connectivity index (χ4v) is 9.38. The van der Waals surface area contributed by atoms with Crippen LogP contribution < -0.4 is 0 Å². The lowest BCUT2D eigenvalue weighted by Gasteiger charge is -2.60. The number of halogens is 1. The molecule has 182 valence electrons. The molecule has 1 heterocycles. The Morgan fingerprint density at radius 1 is 0.971 bits per heavy atom. The van der Waals surface area contributed by atoms with Crippen molar-refractivity contribution in [2.45, 2.75) is 89.4 Å². The van der Waals surface area contributed by atoms with Crippen molar-refractivity contribution in [3.63, 3.8) is 0 Å². The molecule has 1 saturated heterocycles. The van der Waals surface area contributed by atoms with Gasteiger partial charge in [0, 0.05) is 21.7 Å². The zero-order chi connectivity index (χ0) is 24.1. The number of Topliss-reactive ketones (excluding diaryl/α,β-unsaturated/α-hetero) is 2. The van der Waals surface area contributed by atoms with Crippen molar-refractivity contribution in [1.82, 2.24) is 0 Å². The van der Waals surface area contributed by atoms with Gasteiger partial charge in [0.1, 0.15) is 11.7 Å². The molecule has 0 aromatic heterocycles. The van der Waals surface area contributed by atoms with Crippen LogP contribution in [0.5, 0.6) is 0 Å². The van der Waals surface area contributed by atoms with Gasteiger partial charge in [-0.05, 0) is 93.9 Å². The van der Waals surface area contributed by atoms with E-state index in [2.05, 4.69) is 29.8 Å². The molecule has 0 N–H and O–H groups in total. The standard InChI is InChI=1S/C28H33BrO5/c1-16(30)27(34-24(32)17-4-6-18(29)7-5-17)15-10-21-19-8-14-28-23(33-28)22(31)11-13-26(28,3)20(19)9-12-25(21,27)2/h4-7,19-21,23H,8-15H2,1-3H3/t19?,20?,21?,23-,25+,26-,27+,28-/m1/s1. The van der Waals surface area contributed by atoms with Crippen LogP contribution in [0.4, 0.5) is 0 Å². The molecule has 0 radical (unpaired) electrons. The maximum Gasteiger partial charge on any atom is 0.339 e. The average molecular weight is 529 g/mol. The van der Waals surface area contributed by atoms with Gasteiger partial charge in [0.25, 0.3) is 0 Å². The van der Waals surface area contributed by atoms with Crippen LogP contribution in [0.1, 0.15) is 82.5 Å². The highest BCUT2D eigenvalue weighted by molar-refractivity contribution is 9.10. The number of carbonyl (C=O) groups excluding carboxylic acids is 3. The normalized spacial score (nSPS) is 46.5. The summed E-state index contributed by atoms with van der Waals surface area (Å²) in [5.74, 6) is 1.13. The van der Waals surface area contributed by atoms with Gasteiger partial charge in [-0.15, -0.1) is 0 Å². The first kappa shape index (κ1) is 22.9. The second kappa shape index (κ2) is 7.25. The highest BCUT2D eigenvalue weighted by atomic mass is 79.9. The third-order valence-corrected chi connectivity index (χ3v) is 11.5. The van der Waals surface area contributed by atoms with Crippen LogP contribution in [0, 0.1) is 28.6 Å². The molecule has 1 aromatic carbocycles. The van der Waals surface area contributed by atoms with E-state index in [1.807, 2.05) is 12.1 Å². The Balaban J connectivity index is 1.31. The predicted octanol–water partition coefficient (Wildman–Crippen LogP) is 5.68. The molecule has 5 fully saturated rings. The van der Waals surface area contributed by atoms with Gasteiger partial charge in [-0.2, -0.15) is 0 Å². The summed E-state index contributed by atoms with van der Waals surface area (Å²) in [6.07, 6.45) is 6.64. The SMILES string of the molecule is CC(=O)[C@@]1(OC(=O)c2ccc(Br)cc2)CCC2C3CC[C@@]45O[C@@H]4C(=O)CC[C@]5(C)C3CC[C@@]21C. The third-order valence-electron chi connectivity index (χ3n) is 11.0. The highest BCUT2D eigenvalue weighted by Gasteiger charge is 2.77. The van der Waals surface area contributed by atoms with Gasteiger partial charge in [0.05, 0.1) is 5.56 Å². The fraction of sp³-hybridized carbons (Fsp3) is 0.679. The summed E-state index contributed by atoms with van der Waals surface area (Å²) in [5, 5.41) is 0. The maximum atomic E-state index is 13.3. The van der Waals surface area contributed by atoms with Crippen LogP contribution in [0.15, 0.2) is 28.7 Å². The summed E-state index contributed by atoms with van der Waals surface area (Å²) >= 11 is 3.41. The molecular formula is C28H33BrO5. The highest BCUT2D eigenvalue weighted by Crippen LogP contribution is 2.73. The number of rotatable bonds is 3. The van der Waals surface area contributed by atoms with E-state index in [1.54, 1.807) is 19.1 Å². The zero-order valence-corrected chi connectivity index (χ0v) is 21.8. The van der Waals surface area contributed by atoms with E-state index in [-0.39, 0.29) is 34.1 Å². The summed E-state index contributed by atoms with van der Waals surface area (Å²) in [7, 11) is 0. The number of hydrogen-bond acceptors (Lipinski definition) is 5. The molecule has 34 heavy (non-hydrogen) atoms. The summed E-state index contributed by atoms with van der Waals surface area (Å²) in [6.45, 7) is 6.16. The number of hydrogen-bond donors (Lipinski definition) is 0. The van der Waals surface area contributed by atoms with Crippen LogP contribution >= 0.6 is 15.9 Å². The lowest BCUT2D eigenvalue weighted by molar-refractivity contribution is -0.169. The molecule has 4 aliphatic carbocycles. The Morgan fingerprint density at radius 3 is 2.35 bits per heavy atom. The number of esters is 1. The van der Waals surface area contributed by atoms with E-state index in [0.717, 1.165) is 43.0 Å². The van der Waals surface area contributed by atoms with Crippen LogP contribution in [0.3, 0.4) is 0 Å². The molecule has 1 aromatic rings. The maximum absolute atomic E-state index is 13.3. The Morgan fingerprint density at radius 2 is 1.65 bits per heavy atom. The van der Waals surface area contributed by atoms with E-state index in [4.69, 9.17) is 9.47 Å². The molecule has 0 bridgehead atoms. The first-order valence-electron chi connectivity index (χ1n) is 12.8. The minimum Gasteiger partial charge on any atom is -0.447 e. The van der Waals surface area contributed by atoms with E-state index in [0.29, 0.717) is 36.2 Å². The minimum absolute atomic E-state index is 0.0192. The lowest BCUT2D eigenvalue weighted by Crippen LogP contribution is -2.61. The van der Waals surface area contributed by atoms with E-state index >= 15 is 0 Å². The monoisotopic (exact) mass is 528 g/mol. The summed E-state index contributed by atoms with van der Waals surface area (Å²) in [4.78, 5) is 38.9. The predicted molar refractivity (Wildman–Crippen MR) is 129 cm³/mol. The molecule has 6 rings (SSSR count). The summed E-state index contributed by atoms with van der Waals surface area (Å²) in [5.41, 5.74) is -1.21. The van der Waals surface area contributed by atoms with E-state index in [1.165, 1.54) is 0 Å². The van der Waals surface area contributed by atoms with Crippen molar-refractivity contribution in [3.8, 4) is 0 Å². The van der Waals surface area contributed by atoms with Crippen molar-refractivity contribution in [2.24, 2.45) is 28.6 Å². The molecule has 4 saturated carbocycles. The van der Waals surface area contributed by atoms with Gasteiger partial charge >= 0.3 is 5.97 Å². The average Bonchev–Trinajstić information content (AvgIpc) is 3.48. The largest absolute Gasteiger partial charge is 0.447 e. The molecular weight excluding hydrogens is 496 g/mol. The molecule has 8 atom stereocenters. The van der Waals surface area contributed by atoms with Gasteiger partial charge in [0.2, 0.25) is 0 Å². The first-order valence-corrected chi connectivity index (χ1v) is 13.6. The van der Waals surface area contributed by atoms with Crippen LogP contribution in [-0.2, 0) is 19.1 Å². The lowest BCUT2D eigenvalue weighted by atomic mass is 9.44. The Labute approximate surface area is 209 Å². The van der Waals surface area contributed by atoms with Gasteiger partial charge in [-0.1, -0.05) is 29.8 Å². The van der Waals surface area contributed by atoms with Gasteiger partial charge in [0.15, 0.2) is 17.2 Å². The number of benzene rings is 1. The molecule has 5 aliphatic rings. The molecule has 0 amide bonds.